The molecule has 0 amide bonds. The van der Waals surface area contributed by atoms with Gasteiger partial charge in [0, 0.05) is 11.4 Å². The van der Waals surface area contributed by atoms with E-state index in [-0.39, 0.29) is 0 Å². The smallest absolute Gasteiger partial charge is 0.0931 e. The lowest BCUT2D eigenvalue weighted by molar-refractivity contribution is 0.232. The average molecular weight is 288 g/mol. The Morgan fingerprint density at radius 3 is 2.56 bits per heavy atom. The van der Waals surface area contributed by atoms with Crippen LogP contribution in [0, 0.1) is 5.41 Å². The van der Waals surface area contributed by atoms with Crippen LogP contribution in [0.25, 0.3) is 0 Å². The molecule has 0 bridgehead atoms. The Labute approximate surface area is 121 Å². The maximum Gasteiger partial charge on any atom is 0.0931 e. The van der Waals surface area contributed by atoms with Gasteiger partial charge in [0.25, 0.3) is 0 Å². The first-order chi connectivity index (χ1) is 8.65. The van der Waals surface area contributed by atoms with E-state index in [0.717, 1.165) is 23.8 Å². The second-order valence-corrected chi connectivity index (χ2v) is 6.92. The molecule has 104 valence electrons. The maximum atomic E-state index is 6.04. The van der Waals surface area contributed by atoms with Gasteiger partial charge in [-0.3, -0.25) is 0 Å². The van der Waals surface area contributed by atoms with Crippen molar-refractivity contribution in [2.75, 3.05) is 13.1 Å². The van der Waals surface area contributed by atoms with Crippen LogP contribution in [-0.4, -0.2) is 13.1 Å². The molecule has 0 spiro atoms. The molecule has 1 aromatic heterocycles. The Kier molecular flexibility index (Phi) is 7.28. The molecule has 1 atom stereocenters. The maximum absolute atomic E-state index is 6.04. The molecule has 1 N–H and O–H groups in total. The summed E-state index contributed by atoms with van der Waals surface area (Å²) in [5, 5.41) is 3.55. The predicted octanol–water partition coefficient (Wildman–Crippen LogP) is 5.14. The van der Waals surface area contributed by atoms with Crippen LogP contribution < -0.4 is 5.32 Å². The van der Waals surface area contributed by atoms with Crippen LogP contribution in [0.15, 0.2) is 12.1 Å². The predicted molar refractivity (Wildman–Crippen MR) is 83.8 cm³/mol. The molecule has 0 radical (unpaired) electrons. The monoisotopic (exact) mass is 287 g/mol. The first-order valence-electron chi connectivity index (χ1n) is 7.10. The summed E-state index contributed by atoms with van der Waals surface area (Å²) in [7, 11) is 0. The van der Waals surface area contributed by atoms with Gasteiger partial charge in [0.15, 0.2) is 0 Å². The van der Waals surface area contributed by atoms with Gasteiger partial charge < -0.3 is 5.32 Å². The zero-order valence-corrected chi connectivity index (χ0v) is 13.5. The summed E-state index contributed by atoms with van der Waals surface area (Å²) in [6, 6.07) is 4.21. The Bertz CT molecular complexity index is 327. The largest absolute Gasteiger partial charge is 0.316 e. The minimum atomic E-state index is 0.403. The van der Waals surface area contributed by atoms with Crippen LogP contribution in [0.1, 0.15) is 51.3 Å². The van der Waals surface area contributed by atoms with Crippen LogP contribution in [0.5, 0.6) is 0 Å². The molecule has 0 saturated heterocycles. The van der Waals surface area contributed by atoms with E-state index in [4.69, 9.17) is 11.6 Å². The van der Waals surface area contributed by atoms with E-state index in [1.54, 1.807) is 11.3 Å². The summed E-state index contributed by atoms with van der Waals surface area (Å²) in [5.74, 6) is 0. The number of rotatable bonds is 9. The molecule has 1 unspecified atom stereocenters. The number of unbranched alkanes of at least 4 members (excludes halogenated alkanes) is 1. The Morgan fingerprint density at radius 1 is 1.28 bits per heavy atom. The number of halogens is 1. The van der Waals surface area contributed by atoms with E-state index in [1.165, 1.54) is 30.6 Å². The molecular formula is C15H26ClNS. The van der Waals surface area contributed by atoms with Crippen molar-refractivity contribution in [1.29, 1.82) is 0 Å². The number of thiophene rings is 1. The summed E-state index contributed by atoms with van der Waals surface area (Å²) in [5.41, 5.74) is 0.403. The van der Waals surface area contributed by atoms with Crippen LogP contribution in [0.4, 0.5) is 0 Å². The van der Waals surface area contributed by atoms with Crippen molar-refractivity contribution < 1.29 is 0 Å². The van der Waals surface area contributed by atoms with Crippen molar-refractivity contribution in [2.24, 2.45) is 5.41 Å². The topological polar surface area (TPSA) is 12.0 Å². The normalized spacial score (nSPS) is 14.7. The minimum absolute atomic E-state index is 0.403. The molecular weight excluding hydrogens is 262 g/mol. The zero-order valence-electron chi connectivity index (χ0n) is 11.9. The van der Waals surface area contributed by atoms with Gasteiger partial charge in [-0.05, 0) is 43.4 Å². The molecule has 0 aliphatic rings. The van der Waals surface area contributed by atoms with Gasteiger partial charge in [-0.25, -0.2) is 0 Å². The van der Waals surface area contributed by atoms with Gasteiger partial charge >= 0.3 is 0 Å². The quantitative estimate of drug-likeness (QED) is 0.663. The second-order valence-electron chi connectivity index (χ2n) is 5.12. The van der Waals surface area contributed by atoms with Gasteiger partial charge in [-0.15, -0.1) is 11.3 Å². The molecule has 1 aromatic rings. The average Bonchev–Trinajstić information content (AvgIpc) is 2.78. The molecule has 3 heteroatoms. The third kappa shape index (κ3) is 4.91. The number of hydrogen-bond donors (Lipinski definition) is 1. The van der Waals surface area contributed by atoms with Crippen LogP contribution in [0.2, 0.25) is 4.34 Å². The summed E-state index contributed by atoms with van der Waals surface area (Å²) >= 11 is 7.78. The van der Waals surface area contributed by atoms with Crippen molar-refractivity contribution in [3.63, 3.8) is 0 Å². The molecule has 0 aliphatic heterocycles. The molecule has 0 aromatic carbocycles. The van der Waals surface area contributed by atoms with E-state index < -0.39 is 0 Å². The minimum Gasteiger partial charge on any atom is -0.316 e. The molecule has 18 heavy (non-hydrogen) atoms. The van der Waals surface area contributed by atoms with E-state index in [1.807, 2.05) is 6.07 Å². The molecule has 0 aliphatic carbocycles. The fourth-order valence-corrected chi connectivity index (χ4v) is 3.69. The number of hydrogen-bond acceptors (Lipinski definition) is 2. The third-order valence-electron chi connectivity index (χ3n) is 3.74. The summed E-state index contributed by atoms with van der Waals surface area (Å²) < 4.78 is 0.911. The standard InChI is InChI=1S/C15H26ClNS/c1-4-7-10-15(5-2,12-17-6-3)11-13-8-9-14(16)18-13/h8-9,17H,4-7,10-12H2,1-3H3. The van der Waals surface area contributed by atoms with E-state index >= 15 is 0 Å². The fourth-order valence-electron chi connectivity index (χ4n) is 2.42. The highest BCUT2D eigenvalue weighted by Gasteiger charge is 2.28. The lowest BCUT2D eigenvalue weighted by Crippen LogP contribution is -2.35. The molecule has 1 rings (SSSR count). The van der Waals surface area contributed by atoms with Crippen molar-refractivity contribution in [1.82, 2.24) is 5.32 Å². The van der Waals surface area contributed by atoms with Gasteiger partial charge in [0.05, 0.1) is 4.34 Å². The van der Waals surface area contributed by atoms with Crippen molar-refractivity contribution in [3.05, 3.63) is 21.3 Å². The highest BCUT2D eigenvalue weighted by Crippen LogP contribution is 2.35. The van der Waals surface area contributed by atoms with Crippen LogP contribution in [0.3, 0.4) is 0 Å². The van der Waals surface area contributed by atoms with Crippen molar-refractivity contribution in [2.45, 2.75) is 52.9 Å². The first-order valence-corrected chi connectivity index (χ1v) is 8.30. The molecule has 1 nitrogen and oxygen atoms in total. The summed E-state index contributed by atoms with van der Waals surface area (Å²) in [6.45, 7) is 8.95. The fraction of sp³-hybridized carbons (Fsp3) is 0.733. The SMILES string of the molecule is CCCCC(CC)(CNCC)Cc1ccc(Cl)s1. The molecule has 0 fully saturated rings. The van der Waals surface area contributed by atoms with E-state index in [0.29, 0.717) is 5.41 Å². The van der Waals surface area contributed by atoms with E-state index in [9.17, 15) is 0 Å². The second kappa shape index (κ2) is 8.19. The Hall–Kier alpha value is -0.0500. The Balaban J connectivity index is 2.73. The summed E-state index contributed by atoms with van der Waals surface area (Å²) in [6.07, 6.45) is 6.29. The third-order valence-corrected chi connectivity index (χ3v) is 4.97. The number of nitrogens with one attached hydrogen (secondary N) is 1. The van der Waals surface area contributed by atoms with Crippen LogP contribution >= 0.6 is 22.9 Å². The summed E-state index contributed by atoms with van der Waals surface area (Å²) in [4.78, 5) is 1.43. The highest BCUT2D eigenvalue weighted by atomic mass is 35.5. The molecule has 0 saturated carbocycles. The molecule has 1 heterocycles. The van der Waals surface area contributed by atoms with E-state index in [2.05, 4.69) is 32.2 Å². The van der Waals surface area contributed by atoms with Gasteiger partial charge in [-0.1, -0.05) is 45.2 Å². The van der Waals surface area contributed by atoms with Crippen molar-refractivity contribution >= 4 is 22.9 Å². The first kappa shape index (κ1) is 16.0. The lowest BCUT2D eigenvalue weighted by atomic mass is 9.76. The lowest BCUT2D eigenvalue weighted by Gasteiger charge is -2.33. The Morgan fingerprint density at radius 2 is 2.06 bits per heavy atom. The highest BCUT2D eigenvalue weighted by molar-refractivity contribution is 7.16. The van der Waals surface area contributed by atoms with Gasteiger partial charge in [0.1, 0.15) is 0 Å². The van der Waals surface area contributed by atoms with Gasteiger partial charge in [0.2, 0.25) is 0 Å². The zero-order chi connectivity index (χ0) is 13.4. The van der Waals surface area contributed by atoms with Crippen molar-refractivity contribution in [3.8, 4) is 0 Å². The van der Waals surface area contributed by atoms with Crippen LogP contribution in [-0.2, 0) is 6.42 Å². The van der Waals surface area contributed by atoms with Gasteiger partial charge in [-0.2, -0.15) is 0 Å².